The molecular formula is C9H7BrN4OS. The summed E-state index contributed by atoms with van der Waals surface area (Å²) in [7, 11) is 0. The predicted octanol–water partition coefficient (Wildman–Crippen LogP) is 2.14. The van der Waals surface area contributed by atoms with Gasteiger partial charge < -0.3 is 11.1 Å². The lowest BCUT2D eigenvalue weighted by molar-refractivity contribution is 0.102. The van der Waals surface area contributed by atoms with Crippen LogP contribution in [0.3, 0.4) is 0 Å². The van der Waals surface area contributed by atoms with E-state index in [0.29, 0.717) is 16.3 Å². The van der Waals surface area contributed by atoms with E-state index in [9.17, 15) is 4.79 Å². The lowest BCUT2D eigenvalue weighted by atomic mass is 10.2. The van der Waals surface area contributed by atoms with Crippen molar-refractivity contribution in [3.63, 3.8) is 0 Å². The highest BCUT2D eigenvalue weighted by Crippen LogP contribution is 2.19. The number of nitrogens with one attached hydrogen (secondary N) is 1. The van der Waals surface area contributed by atoms with E-state index >= 15 is 0 Å². The van der Waals surface area contributed by atoms with Crippen LogP contribution in [0.25, 0.3) is 0 Å². The summed E-state index contributed by atoms with van der Waals surface area (Å²) in [6.45, 7) is 0. The number of aromatic nitrogens is 2. The van der Waals surface area contributed by atoms with Gasteiger partial charge in [0.15, 0.2) is 0 Å². The zero-order chi connectivity index (χ0) is 11.5. The fraction of sp³-hybridized carbons (Fsp3) is 0. The Labute approximate surface area is 104 Å². The summed E-state index contributed by atoms with van der Waals surface area (Å²) >= 11 is 4.40. The van der Waals surface area contributed by atoms with Crippen molar-refractivity contribution in [2.45, 2.75) is 0 Å². The Morgan fingerprint density at radius 1 is 1.44 bits per heavy atom. The Kier molecular flexibility index (Phi) is 3.16. The molecule has 1 aromatic heterocycles. The van der Waals surface area contributed by atoms with Crippen LogP contribution in [0.15, 0.2) is 28.9 Å². The molecule has 1 heterocycles. The molecule has 0 unspecified atom stereocenters. The molecule has 5 nitrogen and oxygen atoms in total. The Morgan fingerprint density at radius 3 is 2.88 bits per heavy atom. The molecule has 0 fully saturated rings. The predicted molar refractivity (Wildman–Crippen MR) is 66.4 cm³/mol. The Balaban J connectivity index is 2.21. The van der Waals surface area contributed by atoms with Gasteiger partial charge in [0.05, 0.1) is 6.20 Å². The molecule has 0 aliphatic rings. The molecule has 82 valence electrons. The zero-order valence-electron chi connectivity index (χ0n) is 7.98. The van der Waals surface area contributed by atoms with Crippen LogP contribution in [0.5, 0.6) is 0 Å². The van der Waals surface area contributed by atoms with Crippen LogP contribution >= 0.6 is 27.5 Å². The molecule has 7 heteroatoms. The number of hydrogen-bond donors (Lipinski definition) is 2. The van der Waals surface area contributed by atoms with Gasteiger partial charge in [0.2, 0.25) is 0 Å². The van der Waals surface area contributed by atoms with Crippen LogP contribution in [0.2, 0.25) is 0 Å². The van der Waals surface area contributed by atoms with E-state index in [-0.39, 0.29) is 5.91 Å². The number of rotatable bonds is 2. The van der Waals surface area contributed by atoms with E-state index in [1.807, 2.05) is 0 Å². The summed E-state index contributed by atoms with van der Waals surface area (Å²) in [5.41, 5.74) is 6.65. The van der Waals surface area contributed by atoms with Crippen molar-refractivity contribution in [2.24, 2.45) is 0 Å². The first-order valence-electron chi connectivity index (χ1n) is 4.30. The molecule has 2 rings (SSSR count). The fourth-order valence-electron chi connectivity index (χ4n) is 1.15. The number of halogens is 1. The Hall–Kier alpha value is -1.47. The summed E-state index contributed by atoms with van der Waals surface area (Å²) in [4.78, 5) is 11.8. The lowest BCUT2D eigenvalue weighted by Gasteiger charge is -2.03. The third kappa shape index (κ3) is 2.56. The Morgan fingerprint density at radius 2 is 2.25 bits per heavy atom. The normalized spacial score (nSPS) is 10.1. The largest absolute Gasteiger partial charge is 0.399 e. The van der Waals surface area contributed by atoms with E-state index in [4.69, 9.17) is 5.73 Å². The first kappa shape index (κ1) is 11.0. The third-order valence-corrected chi connectivity index (χ3v) is 2.82. The summed E-state index contributed by atoms with van der Waals surface area (Å²) in [6.07, 6.45) is 1.49. The van der Waals surface area contributed by atoms with Gasteiger partial charge in [-0.25, -0.2) is 0 Å². The third-order valence-electron chi connectivity index (χ3n) is 1.78. The van der Waals surface area contributed by atoms with Gasteiger partial charge >= 0.3 is 0 Å². The number of nitrogen functional groups attached to an aromatic ring is 1. The van der Waals surface area contributed by atoms with E-state index in [2.05, 4.69) is 30.8 Å². The molecule has 0 aliphatic heterocycles. The van der Waals surface area contributed by atoms with Crippen LogP contribution in [-0.4, -0.2) is 15.5 Å². The minimum absolute atomic E-state index is 0.237. The maximum Gasteiger partial charge on any atom is 0.256 e. The molecule has 3 N–H and O–H groups in total. The number of nitrogens with two attached hydrogens (primary N) is 1. The molecule has 0 saturated heterocycles. The topological polar surface area (TPSA) is 80.9 Å². The second-order valence-corrected chi connectivity index (χ2v) is 4.71. The van der Waals surface area contributed by atoms with Crippen LogP contribution in [0.1, 0.15) is 10.4 Å². The monoisotopic (exact) mass is 298 g/mol. The number of amides is 1. The first-order chi connectivity index (χ1) is 7.65. The van der Waals surface area contributed by atoms with Crippen LogP contribution in [-0.2, 0) is 0 Å². The van der Waals surface area contributed by atoms with Gasteiger partial charge in [-0.05, 0) is 18.2 Å². The van der Waals surface area contributed by atoms with Crippen molar-refractivity contribution < 1.29 is 4.79 Å². The quantitative estimate of drug-likeness (QED) is 0.832. The van der Waals surface area contributed by atoms with Crippen molar-refractivity contribution in [2.75, 3.05) is 11.1 Å². The second-order valence-electron chi connectivity index (χ2n) is 3.01. The minimum atomic E-state index is -0.237. The van der Waals surface area contributed by atoms with E-state index in [1.165, 1.54) is 6.20 Å². The van der Waals surface area contributed by atoms with Crippen LogP contribution in [0, 0.1) is 0 Å². The second kappa shape index (κ2) is 4.58. The average molecular weight is 299 g/mol. The van der Waals surface area contributed by atoms with Crippen molar-refractivity contribution >= 4 is 44.1 Å². The molecule has 1 amide bonds. The van der Waals surface area contributed by atoms with Gasteiger partial charge in [0.25, 0.3) is 5.91 Å². The molecule has 0 atom stereocenters. The number of benzene rings is 1. The lowest BCUT2D eigenvalue weighted by Crippen LogP contribution is -2.11. The standard InChI is InChI=1S/C9H7BrN4OS/c10-6-1-5(2-7(11)3-6)9(15)13-8-4-12-14-16-8/h1-4H,11H2,(H,13,15). The molecule has 0 radical (unpaired) electrons. The fourth-order valence-corrected chi connectivity index (χ4v) is 2.08. The smallest absolute Gasteiger partial charge is 0.256 e. The molecule has 0 spiro atoms. The average Bonchev–Trinajstić information content (AvgIpc) is 2.68. The molecule has 0 aliphatic carbocycles. The van der Waals surface area contributed by atoms with Crippen LogP contribution < -0.4 is 11.1 Å². The highest BCUT2D eigenvalue weighted by Gasteiger charge is 2.08. The van der Waals surface area contributed by atoms with Crippen molar-refractivity contribution in [3.8, 4) is 0 Å². The highest BCUT2D eigenvalue weighted by molar-refractivity contribution is 9.10. The number of carbonyl (C=O) groups is 1. The number of anilines is 2. The highest BCUT2D eigenvalue weighted by atomic mass is 79.9. The summed E-state index contributed by atoms with van der Waals surface area (Å²) in [5, 5.41) is 6.90. The van der Waals surface area contributed by atoms with Gasteiger partial charge in [0.1, 0.15) is 5.00 Å². The first-order valence-corrected chi connectivity index (χ1v) is 5.86. The summed E-state index contributed by atoms with van der Waals surface area (Å²) in [5.74, 6) is -0.237. The number of nitrogens with zero attached hydrogens (tertiary/aromatic N) is 2. The van der Waals surface area contributed by atoms with Crippen molar-refractivity contribution in [1.29, 1.82) is 0 Å². The molecule has 16 heavy (non-hydrogen) atoms. The zero-order valence-corrected chi connectivity index (χ0v) is 10.4. The molecule has 1 aromatic carbocycles. The number of hydrogen-bond acceptors (Lipinski definition) is 5. The molecule has 2 aromatic rings. The van der Waals surface area contributed by atoms with Gasteiger partial charge in [-0.15, -0.1) is 5.10 Å². The summed E-state index contributed by atoms with van der Waals surface area (Å²) in [6, 6.07) is 5.03. The van der Waals surface area contributed by atoms with Crippen molar-refractivity contribution in [3.05, 3.63) is 34.4 Å². The van der Waals surface area contributed by atoms with E-state index in [0.717, 1.165) is 16.0 Å². The molecular weight excluding hydrogens is 292 g/mol. The molecule has 0 saturated carbocycles. The van der Waals surface area contributed by atoms with Gasteiger partial charge in [-0.3, -0.25) is 4.79 Å². The van der Waals surface area contributed by atoms with E-state index in [1.54, 1.807) is 18.2 Å². The van der Waals surface area contributed by atoms with Gasteiger partial charge in [-0.1, -0.05) is 20.4 Å². The maximum atomic E-state index is 11.8. The number of carbonyl (C=O) groups excluding carboxylic acids is 1. The van der Waals surface area contributed by atoms with E-state index < -0.39 is 0 Å². The maximum absolute atomic E-state index is 11.8. The van der Waals surface area contributed by atoms with Gasteiger partial charge in [0, 0.05) is 27.3 Å². The van der Waals surface area contributed by atoms with Crippen molar-refractivity contribution in [1.82, 2.24) is 9.59 Å². The van der Waals surface area contributed by atoms with Crippen LogP contribution in [0.4, 0.5) is 10.7 Å². The Bertz CT molecular complexity index is 494. The SMILES string of the molecule is Nc1cc(Br)cc(C(=O)Nc2cnns2)c1. The summed E-state index contributed by atoms with van der Waals surface area (Å²) < 4.78 is 4.41. The minimum Gasteiger partial charge on any atom is -0.399 e. The molecule has 0 bridgehead atoms. The van der Waals surface area contributed by atoms with Gasteiger partial charge in [-0.2, -0.15) is 0 Å².